The molecule has 0 spiro atoms. The maximum absolute atomic E-state index is 12.5. The first-order valence-corrected chi connectivity index (χ1v) is 7.83. The first-order valence-electron chi connectivity index (χ1n) is 6.34. The van der Waals surface area contributed by atoms with Crippen molar-refractivity contribution >= 4 is 33.1 Å². The molecule has 0 bridgehead atoms. The van der Waals surface area contributed by atoms with E-state index >= 15 is 0 Å². The number of nitrogens with zero attached hydrogens (tertiary/aromatic N) is 1. The number of rotatable bonds is 6. The molecule has 0 aliphatic carbocycles. The van der Waals surface area contributed by atoms with Crippen LogP contribution < -0.4 is 21.1 Å². The van der Waals surface area contributed by atoms with Gasteiger partial charge in [-0.1, -0.05) is 18.2 Å². The van der Waals surface area contributed by atoms with E-state index in [0.717, 1.165) is 24.3 Å². The number of nitrogens with two attached hydrogens (primary N) is 1. The maximum atomic E-state index is 12.5. The van der Waals surface area contributed by atoms with E-state index in [2.05, 4.69) is 10.1 Å². The highest BCUT2D eigenvalue weighted by Gasteiger charge is 2.23. The fraction of sp³-hybridized carbons (Fsp3) is 0. The van der Waals surface area contributed by atoms with Gasteiger partial charge in [0.15, 0.2) is 0 Å². The third-order valence-corrected chi connectivity index (χ3v) is 4.42. The minimum Gasteiger partial charge on any atom is -0.545 e. The topological polar surface area (TPSA) is 167 Å². The minimum absolute atomic E-state index is 0.0981. The average molecular weight is 351 g/mol. The molecule has 11 heteroatoms. The Bertz CT molecular complexity index is 912. The number of benzene rings is 2. The van der Waals surface area contributed by atoms with Crippen molar-refractivity contribution in [2.75, 3.05) is 10.1 Å². The van der Waals surface area contributed by atoms with E-state index in [9.17, 15) is 28.4 Å². The van der Waals surface area contributed by atoms with Crippen molar-refractivity contribution < 1.29 is 23.2 Å². The number of anilines is 2. The summed E-state index contributed by atoms with van der Waals surface area (Å²) in [4.78, 5) is 20.6. The molecule has 4 N–H and O–H groups in total. The zero-order valence-corrected chi connectivity index (χ0v) is 12.7. The van der Waals surface area contributed by atoms with E-state index in [1.807, 2.05) is 0 Å². The molecule has 0 saturated heterocycles. The van der Waals surface area contributed by atoms with Crippen LogP contribution in [0.15, 0.2) is 47.4 Å². The molecular formula is C13H11N4O6S-. The van der Waals surface area contributed by atoms with Crippen molar-refractivity contribution in [3.05, 3.63) is 58.1 Å². The SMILES string of the molecule is NNc1ccc([N+](=O)[O-])cc1S(=O)(=O)Nc1ccccc1C(=O)[O-]. The van der Waals surface area contributed by atoms with Crippen LogP contribution in [0.25, 0.3) is 0 Å². The molecule has 126 valence electrons. The highest BCUT2D eigenvalue weighted by molar-refractivity contribution is 7.93. The van der Waals surface area contributed by atoms with E-state index in [4.69, 9.17) is 5.84 Å². The molecule has 0 aliphatic rings. The number of nitro groups is 1. The number of sulfonamides is 1. The molecule has 0 radical (unpaired) electrons. The Hall–Kier alpha value is -3.18. The molecule has 0 saturated carbocycles. The highest BCUT2D eigenvalue weighted by atomic mass is 32.2. The molecule has 0 aromatic heterocycles. The highest BCUT2D eigenvalue weighted by Crippen LogP contribution is 2.28. The maximum Gasteiger partial charge on any atom is 0.270 e. The van der Waals surface area contributed by atoms with Gasteiger partial charge in [-0.3, -0.25) is 20.7 Å². The summed E-state index contributed by atoms with van der Waals surface area (Å²) < 4.78 is 27.0. The summed E-state index contributed by atoms with van der Waals surface area (Å²) in [6.45, 7) is 0. The van der Waals surface area contributed by atoms with Crippen LogP contribution in [0.4, 0.5) is 17.1 Å². The van der Waals surface area contributed by atoms with Crippen LogP contribution in [0.3, 0.4) is 0 Å². The minimum atomic E-state index is -4.36. The standard InChI is InChI=1S/C13H12N4O6S/c14-15-11-6-5-8(17(20)21)7-12(11)24(22,23)16-10-4-2-1-3-9(10)13(18)19/h1-7,15-16H,14H2,(H,18,19)/p-1. The fourth-order valence-corrected chi connectivity index (χ4v) is 3.19. The Morgan fingerprint density at radius 2 is 1.79 bits per heavy atom. The van der Waals surface area contributed by atoms with Crippen LogP contribution in [-0.4, -0.2) is 19.3 Å². The zero-order chi connectivity index (χ0) is 17.9. The number of carboxylic acids is 1. The number of carboxylic acid groups (broad SMARTS) is 1. The van der Waals surface area contributed by atoms with Crippen molar-refractivity contribution in [2.24, 2.45) is 5.84 Å². The molecule has 2 rings (SSSR count). The molecule has 24 heavy (non-hydrogen) atoms. The van der Waals surface area contributed by atoms with Crippen LogP contribution >= 0.6 is 0 Å². The number of nitrogen functional groups attached to an aromatic ring is 1. The van der Waals surface area contributed by atoms with Gasteiger partial charge >= 0.3 is 0 Å². The van der Waals surface area contributed by atoms with Crippen molar-refractivity contribution in [3.63, 3.8) is 0 Å². The summed E-state index contributed by atoms with van der Waals surface area (Å²) >= 11 is 0. The van der Waals surface area contributed by atoms with Gasteiger partial charge in [0.25, 0.3) is 15.7 Å². The molecule has 0 unspecified atom stereocenters. The molecule has 2 aromatic carbocycles. The lowest BCUT2D eigenvalue weighted by Crippen LogP contribution is -2.25. The molecule has 0 atom stereocenters. The Labute approximate surface area is 136 Å². The summed E-state index contributed by atoms with van der Waals surface area (Å²) in [6.07, 6.45) is 0. The fourth-order valence-electron chi connectivity index (χ4n) is 1.92. The van der Waals surface area contributed by atoms with Crippen molar-refractivity contribution in [1.29, 1.82) is 0 Å². The lowest BCUT2D eigenvalue weighted by atomic mass is 10.2. The number of carbonyl (C=O) groups excluding carboxylic acids is 1. The van der Waals surface area contributed by atoms with Crippen LogP contribution in [-0.2, 0) is 10.0 Å². The van der Waals surface area contributed by atoms with Crippen LogP contribution in [0, 0.1) is 10.1 Å². The summed E-state index contributed by atoms with van der Waals surface area (Å²) in [6, 6.07) is 8.18. The largest absolute Gasteiger partial charge is 0.545 e. The third-order valence-electron chi connectivity index (χ3n) is 3.01. The van der Waals surface area contributed by atoms with E-state index < -0.39 is 31.5 Å². The molecule has 0 amide bonds. The van der Waals surface area contributed by atoms with Crippen molar-refractivity contribution in [2.45, 2.75) is 4.90 Å². The summed E-state index contributed by atoms with van der Waals surface area (Å²) in [5.41, 5.74) is 0.928. The summed E-state index contributed by atoms with van der Waals surface area (Å²) in [5.74, 6) is 3.65. The zero-order valence-electron chi connectivity index (χ0n) is 11.9. The second-order valence-electron chi connectivity index (χ2n) is 4.52. The predicted molar refractivity (Wildman–Crippen MR) is 82.5 cm³/mol. The van der Waals surface area contributed by atoms with Gasteiger partial charge in [-0.15, -0.1) is 0 Å². The Balaban J connectivity index is 2.54. The van der Waals surface area contributed by atoms with E-state index in [0.29, 0.717) is 0 Å². The number of non-ortho nitro benzene ring substituents is 1. The number of aromatic carboxylic acids is 1. The number of para-hydroxylation sites is 1. The van der Waals surface area contributed by atoms with Gasteiger partial charge in [0.2, 0.25) is 0 Å². The molecule has 0 heterocycles. The molecule has 0 fully saturated rings. The number of hydrazine groups is 1. The van der Waals surface area contributed by atoms with Gasteiger partial charge in [-0.05, 0) is 12.1 Å². The van der Waals surface area contributed by atoms with Crippen LogP contribution in [0.1, 0.15) is 10.4 Å². The Morgan fingerprint density at radius 3 is 2.38 bits per heavy atom. The van der Waals surface area contributed by atoms with Gasteiger partial charge in [0, 0.05) is 17.7 Å². The van der Waals surface area contributed by atoms with E-state index in [1.54, 1.807) is 0 Å². The lowest BCUT2D eigenvalue weighted by Gasteiger charge is -2.15. The number of carbonyl (C=O) groups is 1. The second kappa shape index (κ2) is 6.52. The van der Waals surface area contributed by atoms with Gasteiger partial charge in [-0.25, -0.2) is 8.42 Å². The van der Waals surface area contributed by atoms with E-state index in [1.165, 1.54) is 18.2 Å². The first-order chi connectivity index (χ1) is 11.3. The van der Waals surface area contributed by atoms with Gasteiger partial charge in [0.05, 0.1) is 22.3 Å². The lowest BCUT2D eigenvalue weighted by molar-refractivity contribution is -0.385. The first kappa shape index (κ1) is 17.2. The molecular weight excluding hydrogens is 340 g/mol. The monoisotopic (exact) mass is 351 g/mol. The summed E-state index contributed by atoms with van der Waals surface area (Å²) in [7, 11) is -4.36. The average Bonchev–Trinajstić information content (AvgIpc) is 2.54. The van der Waals surface area contributed by atoms with E-state index in [-0.39, 0.29) is 16.9 Å². The van der Waals surface area contributed by atoms with Gasteiger partial charge < -0.3 is 15.3 Å². The van der Waals surface area contributed by atoms with Crippen molar-refractivity contribution in [3.8, 4) is 0 Å². The number of nitrogens with one attached hydrogen (secondary N) is 2. The normalized spacial score (nSPS) is 10.9. The smallest absolute Gasteiger partial charge is 0.270 e. The number of hydrogen-bond acceptors (Lipinski definition) is 8. The van der Waals surface area contributed by atoms with Gasteiger partial charge in [0.1, 0.15) is 4.90 Å². The molecule has 10 nitrogen and oxygen atoms in total. The van der Waals surface area contributed by atoms with Crippen LogP contribution in [0.2, 0.25) is 0 Å². The summed E-state index contributed by atoms with van der Waals surface area (Å²) in [5, 5.41) is 21.9. The quantitative estimate of drug-likeness (QED) is 0.372. The Kier molecular flexibility index (Phi) is 4.66. The number of nitro benzene ring substituents is 1. The predicted octanol–water partition coefficient (Wildman–Crippen LogP) is 0.0447. The molecule has 2 aromatic rings. The van der Waals surface area contributed by atoms with Gasteiger partial charge in [-0.2, -0.15) is 0 Å². The number of hydrogen-bond donors (Lipinski definition) is 3. The Morgan fingerprint density at radius 1 is 1.12 bits per heavy atom. The third kappa shape index (κ3) is 3.42. The van der Waals surface area contributed by atoms with Crippen LogP contribution in [0.5, 0.6) is 0 Å². The molecule has 0 aliphatic heterocycles. The second-order valence-corrected chi connectivity index (χ2v) is 6.17. The van der Waals surface area contributed by atoms with Crippen molar-refractivity contribution in [1.82, 2.24) is 0 Å².